The van der Waals surface area contributed by atoms with Crippen LogP contribution in [0.15, 0.2) is 18.5 Å². The molecule has 1 saturated heterocycles. The van der Waals surface area contributed by atoms with Gasteiger partial charge < -0.3 is 24.8 Å². The van der Waals surface area contributed by atoms with E-state index >= 15 is 0 Å². The lowest BCUT2D eigenvalue weighted by Crippen LogP contribution is -2.34. The largest absolute Gasteiger partial charge is 0.444 e. The van der Waals surface area contributed by atoms with Crippen LogP contribution in [0.2, 0.25) is 0 Å². The van der Waals surface area contributed by atoms with Crippen LogP contribution in [0, 0.1) is 0 Å². The van der Waals surface area contributed by atoms with Crippen molar-refractivity contribution in [3.8, 4) is 0 Å². The Kier molecular flexibility index (Phi) is 11.6. The first-order valence-electron chi connectivity index (χ1n) is 11.8. The molecule has 2 heterocycles. The molecule has 1 aliphatic heterocycles. The summed E-state index contributed by atoms with van der Waals surface area (Å²) in [6.07, 6.45) is 7.56. The number of nitrogens with zero attached hydrogens (tertiary/aromatic N) is 2. The highest BCUT2D eigenvalue weighted by Gasteiger charge is 2.22. The van der Waals surface area contributed by atoms with Crippen molar-refractivity contribution in [2.24, 2.45) is 0 Å². The summed E-state index contributed by atoms with van der Waals surface area (Å²) >= 11 is 0. The Bertz CT molecular complexity index is 738. The number of hydrogen-bond acceptors (Lipinski definition) is 7. The first-order valence-corrected chi connectivity index (χ1v) is 11.8. The molecule has 2 N–H and O–H groups in total. The van der Waals surface area contributed by atoms with Gasteiger partial charge in [-0.25, -0.2) is 4.79 Å². The highest BCUT2D eigenvalue weighted by atomic mass is 16.6. The van der Waals surface area contributed by atoms with E-state index < -0.39 is 11.7 Å². The molecule has 1 unspecified atom stereocenters. The molecule has 9 nitrogen and oxygen atoms in total. The Morgan fingerprint density at radius 1 is 1.12 bits per heavy atom. The Labute approximate surface area is 197 Å². The van der Waals surface area contributed by atoms with Crippen LogP contribution in [0.3, 0.4) is 0 Å². The zero-order chi connectivity index (χ0) is 24.1. The monoisotopic (exact) mass is 464 g/mol. The number of carbonyl (C=O) groups is 2. The van der Waals surface area contributed by atoms with E-state index in [2.05, 4.69) is 33.6 Å². The van der Waals surface area contributed by atoms with E-state index in [0.29, 0.717) is 39.0 Å². The fourth-order valence-corrected chi connectivity index (χ4v) is 3.65. The third kappa shape index (κ3) is 11.5. The molecule has 1 aliphatic rings. The first-order chi connectivity index (χ1) is 15.7. The Morgan fingerprint density at radius 3 is 2.64 bits per heavy atom. The molecule has 1 aromatic rings. The van der Waals surface area contributed by atoms with Gasteiger partial charge in [-0.2, -0.15) is 0 Å². The van der Waals surface area contributed by atoms with Crippen LogP contribution in [-0.4, -0.2) is 80.6 Å². The van der Waals surface area contributed by atoms with Crippen LogP contribution in [0.5, 0.6) is 0 Å². The molecule has 9 heteroatoms. The molecule has 1 aromatic heterocycles. The van der Waals surface area contributed by atoms with Crippen molar-refractivity contribution in [1.82, 2.24) is 20.5 Å². The van der Waals surface area contributed by atoms with Crippen LogP contribution < -0.4 is 10.6 Å². The maximum atomic E-state index is 11.9. The number of amides is 2. The lowest BCUT2D eigenvalue weighted by molar-refractivity contribution is -0.126. The molecule has 33 heavy (non-hydrogen) atoms. The van der Waals surface area contributed by atoms with Gasteiger partial charge in [-0.3, -0.25) is 14.7 Å². The molecule has 1 fully saturated rings. The predicted octanol–water partition coefficient (Wildman–Crippen LogP) is 2.46. The normalized spacial score (nSPS) is 16.5. The summed E-state index contributed by atoms with van der Waals surface area (Å²) in [7, 11) is 2.16. The standard InChI is InChI=1S/C24H40N4O5/c1-24(2,3)33-23(30)27-10-12-31-13-14-32-18-22(29)26-9-5-7-19-15-20(17-25-16-19)21-8-6-11-28(21)4/h15-17,21H,5-14,18H2,1-4H3,(H,26,29)(H,27,30). The van der Waals surface area contributed by atoms with Crippen molar-refractivity contribution < 1.29 is 23.8 Å². The topological polar surface area (TPSA) is 102 Å². The van der Waals surface area contributed by atoms with Crippen LogP contribution in [0.25, 0.3) is 0 Å². The van der Waals surface area contributed by atoms with Gasteiger partial charge in [-0.15, -0.1) is 0 Å². The number of aryl methyl sites for hydroxylation is 1. The van der Waals surface area contributed by atoms with Gasteiger partial charge in [0.05, 0.1) is 19.8 Å². The molecule has 1 atom stereocenters. The highest BCUT2D eigenvalue weighted by Crippen LogP contribution is 2.30. The third-order valence-electron chi connectivity index (χ3n) is 5.21. The summed E-state index contributed by atoms with van der Waals surface area (Å²) in [5, 5.41) is 5.49. The van der Waals surface area contributed by atoms with E-state index in [-0.39, 0.29) is 12.5 Å². The van der Waals surface area contributed by atoms with E-state index in [9.17, 15) is 9.59 Å². The van der Waals surface area contributed by atoms with E-state index in [0.717, 1.165) is 19.4 Å². The van der Waals surface area contributed by atoms with Gasteiger partial charge in [-0.1, -0.05) is 6.07 Å². The summed E-state index contributed by atoms with van der Waals surface area (Å²) in [6, 6.07) is 2.72. The van der Waals surface area contributed by atoms with Crippen molar-refractivity contribution in [2.45, 2.75) is 58.1 Å². The Morgan fingerprint density at radius 2 is 1.91 bits per heavy atom. The predicted molar refractivity (Wildman–Crippen MR) is 126 cm³/mol. The van der Waals surface area contributed by atoms with Crippen molar-refractivity contribution in [1.29, 1.82) is 0 Å². The van der Waals surface area contributed by atoms with Crippen LogP contribution in [-0.2, 0) is 25.4 Å². The summed E-state index contributed by atoms with van der Waals surface area (Å²) < 4.78 is 15.8. The number of ether oxygens (including phenoxy) is 3. The molecule has 0 bridgehead atoms. The molecular weight excluding hydrogens is 424 g/mol. The van der Waals surface area contributed by atoms with Gasteiger partial charge in [0, 0.05) is 31.5 Å². The molecule has 0 aliphatic carbocycles. The quantitative estimate of drug-likeness (QED) is 0.432. The zero-order valence-corrected chi connectivity index (χ0v) is 20.5. The van der Waals surface area contributed by atoms with Crippen LogP contribution in [0.4, 0.5) is 4.79 Å². The molecule has 0 saturated carbocycles. The smallest absolute Gasteiger partial charge is 0.407 e. The van der Waals surface area contributed by atoms with Crippen LogP contribution >= 0.6 is 0 Å². The summed E-state index contributed by atoms with van der Waals surface area (Å²) in [4.78, 5) is 30.1. The number of hydrogen-bond donors (Lipinski definition) is 2. The third-order valence-corrected chi connectivity index (χ3v) is 5.21. The molecule has 0 radical (unpaired) electrons. The van der Waals surface area contributed by atoms with E-state index in [1.165, 1.54) is 24.0 Å². The SMILES string of the molecule is CN1CCCC1c1cncc(CCCNC(=O)COCCOCCNC(=O)OC(C)(C)C)c1. The maximum absolute atomic E-state index is 11.9. The second-order valence-electron chi connectivity index (χ2n) is 9.31. The fraction of sp³-hybridized carbons (Fsp3) is 0.708. The summed E-state index contributed by atoms with van der Waals surface area (Å²) in [5.41, 5.74) is 1.97. The first kappa shape index (κ1) is 27.0. The van der Waals surface area contributed by atoms with Crippen molar-refractivity contribution in [3.63, 3.8) is 0 Å². The average Bonchev–Trinajstić information content (AvgIpc) is 3.18. The van der Waals surface area contributed by atoms with Crippen molar-refractivity contribution in [2.75, 3.05) is 53.1 Å². The lowest BCUT2D eigenvalue weighted by Gasteiger charge is -2.19. The van der Waals surface area contributed by atoms with Crippen molar-refractivity contribution >= 4 is 12.0 Å². The fourth-order valence-electron chi connectivity index (χ4n) is 3.65. The van der Waals surface area contributed by atoms with Gasteiger partial charge in [0.2, 0.25) is 5.91 Å². The minimum absolute atomic E-state index is 0.00454. The Balaban J connectivity index is 1.46. The van der Waals surface area contributed by atoms with E-state index in [1.807, 2.05) is 33.2 Å². The number of nitrogens with one attached hydrogen (secondary N) is 2. The molecule has 186 valence electrons. The van der Waals surface area contributed by atoms with Gasteiger partial charge in [0.15, 0.2) is 0 Å². The van der Waals surface area contributed by atoms with Gasteiger partial charge in [-0.05, 0) is 71.2 Å². The number of likely N-dealkylation sites (tertiary alicyclic amines) is 1. The van der Waals surface area contributed by atoms with Gasteiger partial charge in [0.1, 0.15) is 12.2 Å². The van der Waals surface area contributed by atoms with E-state index in [4.69, 9.17) is 14.2 Å². The number of carbonyl (C=O) groups excluding carboxylic acids is 2. The highest BCUT2D eigenvalue weighted by molar-refractivity contribution is 5.77. The number of alkyl carbamates (subject to hydrolysis) is 1. The van der Waals surface area contributed by atoms with Crippen LogP contribution in [0.1, 0.15) is 57.2 Å². The number of pyridine rings is 1. The molecular formula is C24H40N4O5. The second kappa shape index (κ2) is 14.1. The Hall–Kier alpha value is -2.23. The molecule has 0 spiro atoms. The minimum atomic E-state index is -0.520. The lowest BCUT2D eigenvalue weighted by atomic mass is 10.0. The van der Waals surface area contributed by atoms with E-state index in [1.54, 1.807) is 0 Å². The summed E-state index contributed by atoms with van der Waals surface area (Å²) in [6.45, 7) is 8.53. The molecule has 2 amide bonds. The van der Waals surface area contributed by atoms with Crippen molar-refractivity contribution in [3.05, 3.63) is 29.6 Å². The number of rotatable bonds is 13. The summed E-state index contributed by atoms with van der Waals surface area (Å²) in [5.74, 6) is -0.138. The molecule has 2 rings (SSSR count). The zero-order valence-electron chi connectivity index (χ0n) is 20.5. The number of aromatic nitrogens is 1. The second-order valence-corrected chi connectivity index (χ2v) is 9.31. The molecule has 0 aromatic carbocycles. The minimum Gasteiger partial charge on any atom is -0.444 e. The van der Waals surface area contributed by atoms with Gasteiger partial charge >= 0.3 is 6.09 Å². The maximum Gasteiger partial charge on any atom is 0.407 e. The average molecular weight is 465 g/mol. The van der Waals surface area contributed by atoms with Gasteiger partial charge in [0.25, 0.3) is 0 Å².